The molecular formula is C16H17N3O. The van der Waals surface area contributed by atoms with Crippen LogP contribution in [0.4, 0.5) is 0 Å². The van der Waals surface area contributed by atoms with Gasteiger partial charge in [-0.3, -0.25) is 0 Å². The number of rotatable bonds is 3. The normalized spacial score (nSPS) is 12.8. The molecule has 2 aromatic carbocycles. The van der Waals surface area contributed by atoms with Crippen LogP contribution in [0.15, 0.2) is 42.5 Å². The van der Waals surface area contributed by atoms with Gasteiger partial charge in [0.05, 0.1) is 12.6 Å². The Morgan fingerprint density at radius 3 is 2.60 bits per heavy atom. The molecule has 0 aliphatic heterocycles. The fourth-order valence-corrected chi connectivity index (χ4v) is 2.54. The zero-order valence-corrected chi connectivity index (χ0v) is 11.6. The van der Waals surface area contributed by atoms with Gasteiger partial charge < -0.3 is 5.11 Å². The number of aromatic nitrogens is 3. The molecule has 3 aromatic rings. The lowest BCUT2D eigenvalue weighted by atomic mass is 10.0. The molecule has 0 fully saturated rings. The molecule has 0 aliphatic carbocycles. The first-order chi connectivity index (χ1) is 9.65. The number of aliphatic hydroxyl groups excluding tert-OH is 1. The van der Waals surface area contributed by atoms with Gasteiger partial charge in [-0.1, -0.05) is 42.5 Å². The highest BCUT2D eigenvalue weighted by molar-refractivity contribution is 5.85. The lowest BCUT2D eigenvalue weighted by molar-refractivity contribution is 0.152. The molecule has 102 valence electrons. The molecule has 0 aliphatic rings. The highest BCUT2D eigenvalue weighted by Gasteiger charge is 2.14. The summed E-state index contributed by atoms with van der Waals surface area (Å²) in [6.45, 7) is 4.17. The van der Waals surface area contributed by atoms with E-state index in [-0.39, 0.29) is 0 Å². The maximum atomic E-state index is 10.5. The van der Waals surface area contributed by atoms with E-state index < -0.39 is 6.10 Å². The topological polar surface area (TPSA) is 50.9 Å². The van der Waals surface area contributed by atoms with Gasteiger partial charge in [-0.2, -0.15) is 5.10 Å². The first kappa shape index (κ1) is 12.8. The number of hydrogen-bond acceptors (Lipinski definition) is 3. The second kappa shape index (κ2) is 5.06. The number of aryl methyl sites for hydroxylation is 2. The number of fused-ring (bicyclic) bond motifs is 1. The van der Waals surface area contributed by atoms with E-state index in [9.17, 15) is 5.11 Å². The minimum absolute atomic E-state index is 0.417. The fraction of sp³-hybridized carbons (Fsp3) is 0.250. The Kier molecular flexibility index (Phi) is 3.24. The quantitative estimate of drug-likeness (QED) is 0.794. The van der Waals surface area contributed by atoms with Crippen LogP contribution in [0.3, 0.4) is 0 Å². The Labute approximate surface area is 117 Å². The zero-order valence-electron chi connectivity index (χ0n) is 11.6. The molecule has 0 amide bonds. The van der Waals surface area contributed by atoms with Crippen LogP contribution in [0, 0.1) is 13.8 Å². The van der Waals surface area contributed by atoms with E-state index in [1.165, 1.54) is 0 Å². The largest absolute Gasteiger partial charge is 0.386 e. The lowest BCUT2D eigenvalue weighted by Gasteiger charge is -2.14. The first-order valence-electron chi connectivity index (χ1n) is 6.69. The molecule has 1 unspecified atom stereocenters. The van der Waals surface area contributed by atoms with Crippen molar-refractivity contribution in [1.82, 2.24) is 14.8 Å². The number of nitrogens with zero attached hydrogens (tertiary/aromatic N) is 3. The average Bonchev–Trinajstić information content (AvgIpc) is 2.76. The highest BCUT2D eigenvalue weighted by Crippen LogP contribution is 2.25. The Morgan fingerprint density at radius 2 is 1.85 bits per heavy atom. The average molecular weight is 267 g/mol. The molecular weight excluding hydrogens is 250 g/mol. The molecule has 3 rings (SSSR count). The van der Waals surface area contributed by atoms with Crippen molar-refractivity contribution >= 4 is 10.8 Å². The van der Waals surface area contributed by atoms with Gasteiger partial charge in [0, 0.05) is 0 Å². The molecule has 1 N–H and O–H groups in total. The van der Waals surface area contributed by atoms with E-state index in [0.29, 0.717) is 6.54 Å². The van der Waals surface area contributed by atoms with Crippen LogP contribution in [-0.4, -0.2) is 19.9 Å². The predicted octanol–water partition coefficient (Wildman–Crippen LogP) is 2.78. The van der Waals surface area contributed by atoms with Gasteiger partial charge in [0.2, 0.25) is 0 Å². The summed E-state index contributed by atoms with van der Waals surface area (Å²) in [7, 11) is 0. The summed E-state index contributed by atoms with van der Waals surface area (Å²) in [6.07, 6.45) is -0.596. The van der Waals surface area contributed by atoms with Crippen LogP contribution in [0.1, 0.15) is 23.3 Å². The summed E-state index contributed by atoms with van der Waals surface area (Å²) in [5, 5.41) is 17.0. The van der Waals surface area contributed by atoms with Gasteiger partial charge in [-0.05, 0) is 30.2 Å². The molecule has 4 heteroatoms. The molecule has 0 saturated carbocycles. The summed E-state index contributed by atoms with van der Waals surface area (Å²) in [4.78, 5) is 4.26. The maximum Gasteiger partial charge on any atom is 0.147 e. The van der Waals surface area contributed by atoms with E-state index in [2.05, 4.69) is 22.2 Å². The van der Waals surface area contributed by atoms with Crippen molar-refractivity contribution in [3.05, 3.63) is 59.7 Å². The zero-order chi connectivity index (χ0) is 14.1. The number of hydrogen-bond donors (Lipinski definition) is 1. The Morgan fingerprint density at radius 1 is 1.10 bits per heavy atom. The third-order valence-electron chi connectivity index (χ3n) is 3.49. The van der Waals surface area contributed by atoms with Crippen LogP contribution in [0.25, 0.3) is 10.8 Å². The van der Waals surface area contributed by atoms with Crippen molar-refractivity contribution in [1.29, 1.82) is 0 Å². The van der Waals surface area contributed by atoms with Crippen LogP contribution in [-0.2, 0) is 6.54 Å². The summed E-state index contributed by atoms with van der Waals surface area (Å²) in [5.74, 6) is 1.55. The molecule has 1 atom stereocenters. The minimum atomic E-state index is -0.596. The minimum Gasteiger partial charge on any atom is -0.386 e. The van der Waals surface area contributed by atoms with Crippen molar-refractivity contribution in [3.8, 4) is 0 Å². The molecule has 4 nitrogen and oxygen atoms in total. The summed E-state index contributed by atoms with van der Waals surface area (Å²) >= 11 is 0. The summed E-state index contributed by atoms with van der Waals surface area (Å²) in [6, 6.07) is 14.1. The van der Waals surface area contributed by atoms with Gasteiger partial charge in [0.1, 0.15) is 11.6 Å². The van der Waals surface area contributed by atoms with Crippen LogP contribution >= 0.6 is 0 Å². The molecule has 0 spiro atoms. The van der Waals surface area contributed by atoms with Gasteiger partial charge in [0.15, 0.2) is 0 Å². The molecule has 0 bridgehead atoms. The molecule has 1 heterocycles. The number of benzene rings is 2. The highest BCUT2D eigenvalue weighted by atomic mass is 16.3. The molecule has 1 aromatic heterocycles. The molecule has 20 heavy (non-hydrogen) atoms. The van der Waals surface area contributed by atoms with Gasteiger partial charge >= 0.3 is 0 Å². The van der Waals surface area contributed by atoms with Crippen molar-refractivity contribution in [2.24, 2.45) is 0 Å². The first-order valence-corrected chi connectivity index (χ1v) is 6.69. The SMILES string of the molecule is Cc1nc(C)n(CC(O)c2cccc3ccccc23)n1. The Balaban J connectivity index is 1.96. The van der Waals surface area contributed by atoms with Crippen LogP contribution in [0.5, 0.6) is 0 Å². The summed E-state index contributed by atoms with van der Waals surface area (Å²) < 4.78 is 1.75. The third kappa shape index (κ3) is 2.30. The van der Waals surface area contributed by atoms with Crippen LogP contribution < -0.4 is 0 Å². The Hall–Kier alpha value is -2.20. The van der Waals surface area contributed by atoms with Gasteiger partial charge in [0.25, 0.3) is 0 Å². The van der Waals surface area contributed by atoms with E-state index >= 15 is 0 Å². The number of aliphatic hydroxyl groups is 1. The van der Waals surface area contributed by atoms with E-state index in [1.54, 1.807) is 4.68 Å². The second-order valence-corrected chi connectivity index (χ2v) is 4.97. The standard InChI is InChI=1S/C16H17N3O/c1-11-17-12(2)19(18-11)10-16(20)15-9-5-7-13-6-3-4-8-14(13)15/h3-9,16,20H,10H2,1-2H3. The van der Waals surface area contributed by atoms with E-state index in [1.807, 2.05) is 44.2 Å². The molecule has 0 saturated heterocycles. The van der Waals surface area contributed by atoms with E-state index in [4.69, 9.17) is 0 Å². The predicted molar refractivity (Wildman–Crippen MR) is 78.4 cm³/mol. The van der Waals surface area contributed by atoms with Crippen molar-refractivity contribution in [2.45, 2.75) is 26.5 Å². The fourth-order valence-electron chi connectivity index (χ4n) is 2.54. The van der Waals surface area contributed by atoms with Crippen molar-refractivity contribution in [3.63, 3.8) is 0 Å². The smallest absolute Gasteiger partial charge is 0.147 e. The second-order valence-electron chi connectivity index (χ2n) is 4.97. The monoisotopic (exact) mass is 267 g/mol. The van der Waals surface area contributed by atoms with Gasteiger partial charge in [-0.15, -0.1) is 0 Å². The third-order valence-corrected chi connectivity index (χ3v) is 3.49. The summed E-state index contributed by atoms with van der Waals surface area (Å²) in [5.41, 5.74) is 0.927. The molecule has 0 radical (unpaired) electrons. The van der Waals surface area contributed by atoms with Crippen molar-refractivity contribution in [2.75, 3.05) is 0 Å². The lowest BCUT2D eigenvalue weighted by Crippen LogP contribution is -2.12. The maximum absolute atomic E-state index is 10.5. The Bertz CT molecular complexity index is 743. The van der Waals surface area contributed by atoms with E-state index in [0.717, 1.165) is 28.0 Å². The van der Waals surface area contributed by atoms with Crippen LogP contribution in [0.2, 0.25) is 0 Å². The van der Waals surface area contributed by atoms with Crippen molar-refractivity contribution < 1.29 is 5.11 Å². The van der Waals surface area contributed by atoms with Gasteiger partial charge in [-0.25, -0.2) is 9.67 Å².